The van der Waals surface area contributed by atoms with Crippen LogP contribution in [0, 0.1) is 11.3 Å². The molecular formula is C18H17F3N4O. The van der Waals surface area contributed by atoms with E-state index >= 15 is 0 Å². The van der Waals surface area contributed by atoms with Crippen molar-refractivity contribution in [3.63, 3.8) is 0 Å². The number of aliphatic imine (C=N–C) groups is 1. The van der Waals surface area contributed by atoms with Crippen LogP contribution in [0.15, 0.2) is 35.6 Å². The molecule has 2 atom stereocenters. The predicted molar refractivity (Wildman–Crippen MR) is 88.2 cm³/mol. The molecule has 136 valence electrons. The monoisotopic (exact) mass is 362 g/mol. The lowest BCUT2D eigenvalue weighted by Gasteiger charge is -2.40. The van der Waals surface area contributed by atoms with E-state index in [1.807, 2.05) is 13.8 Å². The highest BCUT2D eigenvalue weighted by molar-refractivity contribution is 6.09. The number of hydrogen-bond acceptors (Lipinski definition) is 4. The summed E-state index contributed by atoms with van der Waals surface area (Å²) < 4.78 is 40.1. The van der Waals surface area contributed by atoms with Gasteiger partial charge in [0.15, 0.2) is 0 Å². The second-order valence-electron chi connectivity index (χ2n) is 7.63. The molecule has 2 heterocycles. The molecule has 26 heavy (non-hydrogen) atoms. The third kappa shape index (κ3) is 2.73. The number of benzene rings is 1. The van der Waals surface area contributed by atoms with E-state index < -0.39 is 23.7 Å². The van der Waals surface area contributed by atoms with Crippen LogP contribution in [-0.4, -0.2) is 26.3 Å². The Hall–Kier alpha value is -2.51. The first-order valence-corrected chi connectivity index (χ1v) is 8.33. The Morgan fingerprint density at radius 2 is 1.85 bits per heavy atom. The van der Waals surface area contributed by atoms with Crippen molar-refractivity contribution >= 4 is 17.4 Å². The van der Waals surface area contributed by atoms with Gasteiger partial charge < -0.3 is 0 Å². The Balaban J connectivity index is 1.80. The largest absolute Gasteiger partial charge is 0.416 e. The van der Waals surface area contributed by atoms with Gasteiger partial charge in [-0.15, -0.1) is 0 Å². The molecule has 1 aromatic heterocycles. The number of alkyl halides is 3. The summed E-state index contributed by atoms with van der Waals surface area (Å²) in [6.07, 6.45) is -2.00. The molecule has 0 N–H and O–H groups in total. The summed E-state index contributed by atoms with van der Waals surface area (Å²) in [5.74, 6) is -0.105. The lowest BCUT2D eigenvalue weighted by atomic mass is 9.67. The van der Waals surface area contributed by atoms with Gasteiger partial charge in [0.05, 0.1) is 17.5 Å². The number of hydrogen-bond donors (Lipinski definition) is 0. The van der Waals surface area contributed by atoms with Crippen LogP contribution in [0.4, 0.5) is 19.1 Å². The number of carbonyl (C=O) groups is 1. The Morgan fingerprint density at radius 3 is 2.50 bits per heavy atom. The van der Waals surface area contributed by atoms with E-state index in [1.54, 1.807) is 0 Å². The molecule has 8 heteroatoms. The van der Waals surface area contributed by atoms with Gasteiger partial charge in [0.1, 0.15) is 12.1 Å². The molecule has 1 aliphatic carbocycles. The molecular weight excluding hydrogens is 345 g/mol. The smallest absolute Gasteiger partial charge is 0.299 e. The highest BCUT2D eigenvalue weighted by atomic mass is 19.4. The molecule has 0 amide bonds. The number of aromatic nitrogens is 3. The Bertz CT molecular complexity index is 896. The van der Waals surface area contributed by atoms with Gasteiger partial charge in [-0.25, -0.2) is 9.67 Å². The van der Waals surface area contributed by atoms with Crippen LogP contribution in [0.3, 0.4) is 0 Å². The van der Waals surface area contributed by atoms with Crippen LogP contribution in [0.5, 0.6) is 0 Å². The summed E-state index contributed by atoms with van der Waals surface area (Å²) in [7, 11) is 0. The number of nitrogens with zero attached hydrogens (tertiary/aromatic N) is 4. The van der Waals surface area contributed by atoms with Crippen LogP contribution < -0.4 is 0 Å². The van der Waals surface area contributed by atoms with E-state index in [2.05, 4.69) is 15.1 Å². The molecule has 0 spiro atoms. The first kappa shape index (κ1) is 16.9. The zero-order valence-electron chi connectivity index (χ0n) is 14.3. The average Bonchev–Trinajstić information content (AvgIpc) is 2.99. The van der Waals surface area contributed by atoms with Crippen LogP contribution in [0.25, 0.3) is 0 Å². The van der Waals surface area contributed by atoms with E-state index in [9.17, 15) is 18.0 Å². The van der Waals surface area contributed by atoms with Crippen molar-refractivity contribution in [2.75, 3.05) is 0 Å². The summed E-state index contributed by atoms with van der Waals surface area (Å²) in [6.45, 7) is 4.02. The zero-order valence-corrected chi connectivity index (χ0v) is 14.3. The molecule has 1 fully saturated rings. The molecule has 0 saturated heterocycles. The molecule has 2 aromatic rings. The van der Waals surface area contributed by atoms with E-state index in [0.29, 0.717) is 24.4 Å². The summed E-state index contributed by atoms with van der Waals surface area (Å²) >= 11 is 0. The first-order valence-electron chi connectivity index (χ1n) is 8.33. The summed E-state index contributed by atoms with van der Waals surface area (Å²) in [6, 6.07) is 4.37. The quantitative estimate of drug-likeness (QED) is 0.771. The molecule has 5 nitrogen and oxygen atoms in total. The van der Waals surface area contributed by atoms with Gasteiger partial charge in [-0.2, -0.15) is 23.3 Å². The van der Waals surface area contributed by atoms with Gasteiger partial charge in [-0.1, -0.05) is 26.0 Å². The fourth-order valence-corrected chi connectivity index (χ4v) is 3.89. The summed E-state index contributed by atoms with van der Waals surface area (Å²) in [5.41, 5.74) is 0.409. The third-order valence-electron chi connectivity index (χ3n) is 4.97. The van der Waals surface area contributed by atoms with Crippen molar-refractivity contribution < 1.29 is 18.0 Å². The second kappa shape index (κ2) is 5.49. The van der Waals surface area contributed by atoms with Gasteiger partial charge in [0.25, 0.3) is 0 Å². The lowest BCUT2D eigenvalue weighted by Crippen LogP contribution is -2.44. The van der Waals surface area contributed by atoms with E-state index in [-0.39, 0.29) is 11.2 Å². The minimum atomic E-state index is -4.40. The maximum atomic E-state index is 12.9. The molecule has 1 aromatic carbocycles. The summed E-state index contributed by atoms with van der Waals surface area (Å²) in [5, 5.41) is 4.17. The maximum absolute atomic E-state index is 12.9. The maximum Gasteiger partial charge on any atom is 0.416 e. The van der Waals surface area contributed by atoms with E-state index in [1.165, 1.54) is 23.1 Å². The number of halogens is 3. The van der Waals surface area contributed by atoms with Crippen molar-refractivity contribution in [3.05, 3.63) is 41.7 Å². The third-order valence-corrected chi connectivity index (χ3v) is 4.97. The summed E-state index contributed by atoms with van der Waals surface area (Å²) in [4.78, 5) is 21.5. The van der Waals surface area contributed by atoms with E-state index in [0.717, 1.165) is 17.8 Å². The molecule has 1 saturated carbocycles. The van der Waals surface area contributed by atoms with Crippen LogP contribution in [0.1, 0.15) is 43.9 Å². The Kier molecular flexibility index (Phi) is 3.58. The number of ketones is 1. The standard InChI is InChI=1S/C18H17F3N4O/c1-17(2)7-12-14(13(26)8-17)15(25-16(24-12)22-9-23-25)10-3-5-11(6-4-10)18(19,20)21/h3-6,9,14-15H,7-8H2,1-2H3/t14?,15-/m0/s1. The molecule has 1 aliphatic heterocycles. The van der Waals surface area contributed by atoms with Crippen molar-refractivity contribution in [3.8, 4) is 0 Å². The average molecular weight is 362 g/mol. The lowest BCUT2D eigenvalue weighted by molar-refractivity contribution is -0.137. The molecule has 2 aliphatic rings. The fourth-order valence-electron chi connectivity index (χ4n) is 3.89. The highest BCUT2D eigenvalue weighted by Gasteiger charge is 2.46. The first-order chi connectivity index (χ1) is 12.2. The predicted octanol–water partition coefficient (Wildman–Crippen LogP) is 3.98. The molecule has 1 unspecified atom stereocenters. The highest BCUT2D eigenvalue weighted by Crippen LogP contribution is 2.44. The van der Waals surface area contributed by atoms with Crippen molar-refractivity contribution in [2.24, 2.45) is 16.3 Å². The molecule has 0 bridgehead atoms. The molecule has 4 rings (SSSR count). The normalized spacial score (nSPS) is 24.7. The fraction of sp³-hybridized carbons (Fsp3) is 0.444. The van der Waals surface area contributed by atoms with Gasteiger partial charge in [0, 0.05) is 12.1 Å². The topological polar surface area (TPSA) is 60.1 Å². The number of carbonyl (C=O) groups excluding carboxylic acids is 1. The van der Waals surface area contributed by atoms with Crippen LogP contribution in [-0.2, 0) is 11.0 Å². The number of Topliss-reactive ketones (excluding diaryl/α,β-unsaturated/α-hetero) is 1. The molecule has 0 radical (unpaired) electrons. The Labute approximate surface area is 148 Å². The van der Waals surface area contributed by atoms with Crippen molar-refractivity contribution in [1.82, 2.24) is 14.8 Å². The second-order valence-corrected chi connectivity index (χ2v) is 7.63. The SMILES string of the molecule is CC1(C)CC(=O)C2C(=Nc3ncnn3[C@H]2c2ccc(C(F)(F)F)cc2)C1. The van der Waals surface area contributed by atoms with Crippen molar-refractivity contribution in [2.45, 2.75) is 38.9 Å². The number of fused-ring (bicyclic) bond motifs is 2. The van der Waals surface area contributed by atoms with Gasteiger partial charge in [-0.3, -0.25) is 4.79 Å². The van der Waals surface area contributed by atoms with Gasteiger partial charge in [0.2, 0.25) is 5.95 Å². The zero-order chi connectivity index (χ0) is 18.7. The van der Waals surface area contributed by atoms with Gasteiger partial charge >= 0.3 is 6.18 Å². The van der Waals surface area contributed by atoms with Crippen LogP contribution >= 0.6 is 0 Å². The van der Waals surface area contributed by atoms with Crippen LogP contribution in [0.2, 0.25) is 0 Å². The van der Waals surface area contributed by atoms with Gasteiger partial charge in [-0.05, 0) is 29.5 Å². The minimum absolute atomic E-state index is 0.0334. The van der Waals surface area contributed by atoms with Crippen molar-refractivity contribution in [1.29, 1.82) is 0 Å². The van der Waals surface area contributed by atoms with E-state index in [4.69, 9.17) is 0 Å². The Morgan fingerprint density at radius 1 is 1.15 bits per heavy atom. The number of rotatable bonds is 1. The minimum Gasteiger partial charge on any atom is -0.299 e.